The first kappa shape index (κ1) is 14.7. The first-order valence-electron chi connectivity index (χ1n) is 6.23. The Hall–Kier alpha value is -2.71. The van der Waals surface area contributed by atoms with Gasteiger partial charge in [-0.3, -0.25) is 9.78 Å². The van der Waals surface area contributed by atoms with Crippen LogP contribution in [0, 0.1) is 24.6 Å². The minimum absolute atomic E-state index is 0.0706. The molecule has 2 aromatic rings. The van der Waals surface area contributed by atoms with Gasteiger partial charge >= 0.3 is 0 Å². The van der Waals surface area contributed by atoms with Gasteiger partial charge < -0.3 is 10.4 Å². The van der Waals surface area contributed by atoms with Gasteiger partial charge in [0.25, 0.3) is 5.91 Å². The standard InChI is InChI=1S/C16H13FN2O2/c1-11-4-5-12(3-2-8-20)9-13(11)16(21)19-15-6-7-18-10-14(15)17/h4-7,9-10,20H,8H2,1H3,(H,18,19,21). The van der Waals surface area contributed by atoms with Gasteiger partial charge in [-0.25, -0.2) is 4.39 Å². The van der Waals surface area contributed by atoms with Crippen LogP contribution in [0.2, 0.25) is 0 Å². The number of pyridine rings is 1. The van der Waals surface area contributed by atoms with Gasteiger partial charge in [0.15, 0.2) is 5.82 Å². The van der Waals surface area contributed by atoms with E-state index in [-0.39, 0.29) is 12.3 Å². The van der Waals surface area contributed by atoms with E-state index in [1.807, 2.05) is 0 Å². The first-order valence-corrected chi connectivity index (χ1v) is 6.23. The predicted molar refractivity (Wildman–Crippen MR) is 77.3 cm³/mol. The molecular weight excluding hydrogens is 271 g/mol. The van der Waals surface area contributed by atoms with Gasteiger partial charge in [0, 0.05) is 17.3 Å². The first-order chi connectivity index (χ1) is 10.1. The number of carbonyl (C=O) groups excluding carboxylic acids is 1. The number of rotatable bonds is 2. The number of hydrogen-bond acceptors (Lipinski definition) is 3. The van der Waals surface area contributed by atoms with E-state index in [0.717, 1.165) is 11.8 Å². The summed E-state index contributed by atoms with van der Waals surface area (Å²) in [4.78, 5) is 15.8. The Labute approximate surface area is 121 Å². The van der Waals surface area contributed by atoms with Crippen molar-refractivity contribution in [3.8, 4) is 11.8 Å². The molecule has 0 aliphatic heterocycles. The molecule has 0 spiro atoms. The van der Waals surface area contributed by atoms with Crippen LogP contribution in [0.25, 0.3) is 0 Å². The minimum atomic E-state index is -0.597. The second-order valence-corrected chi connectivity index (χ2v) is 4.30. The highest BCUT2D eigenvalue weighted by Crippen LogP contribution is 2.16. The summed E-state index contributed by atoms with van der Waals surface area (Å²) in [6.07, 6.45) is 2.43. The fraction of sp³-hybridized carbons (Fsp3) is 0.125. The summed E-state index contributed by atoms with van der Waals surface area (Å²) in [5.41, 5.74) is 1.82. The normalized spacial score (nSPS) is 9.67. The van der Waals surface area contributed by atoms with Crippen molar-refractivity contribution >= 4 is 11.6 Å². The van der Waals surface area contributed by atoms with Gasteiger partial charge in [-0.05, 0) is 30.7 Å². The molecule has 1 aromatic carbocycles. The Balaban J connectivity index is 2.28. The van der Waals surface area contributed by atoms with E-state index in [1.165, 1.54) is 12.3 Å². The Morgan fingerprint density at radius 1 is 1.43 bits per heavy atom. The summed E-state index contributed by atoms with van der Waals surface area (Å²) < 4.78 is 13.5. The van der Waals surface area contributed by atoms with Crippen LogP contribution in [-0.2, 0) is 0 Å². The lowest BCUT2D eigenvalue weighted by Crippen LogP contribution is -2.14. The number of aliphatic hydroxyl groups excluding tert-OH is 1. The van der Waals surface area contributed by atoms with Gasteiger partial charge in [0.2, 0.25) is 0 Å². The van der Waals surface area contributed by atoms with E-state index < -0.39 is 11.7 Å². The molecule has 1 heterocycles. The molecule has 21 heavy (non-hydrogen) atoms. The highest BCUT2D eigenvalue weighted by Gasteiger charge is 2.12. The van der Waals surface area contributed by atoms with E-state index >= 15 is 0 Å². The number of benzene rings is 1. The summed E-state index contributed by atoms with van der Waals surface area (Å²) in [6.45, 7) is 1.53. The second kappa shape index (κ2) is 6.64. The number of nitrogens with zero attached hydrogens (tertiary/aromatic N) is 1. The second-order valence-electron chi connectivity index (χ2n) is 4.30. The van der Waals surface area contributed by atoms with Crippen molar-refractivity contribution in [2.75, 3.05) is 11.9 Å². The van der Waals surface area contributed by atoms with Gasteiger partial charge in [-0.1, -0.05) is 17.9 Å². The zero-order valence-corrected chi connectivity index (χ0v) is 11.4. The maximum absolute atomic E-state index is 13.5. The molecule has 0 unspecified atom stereocenters. The molecule has 0 aliphatic carbocycles. The van der Waals surface area contributed by atoms with E-state index in [1.54, 1.807) is 25.1 Å². The molecule has 2 rings (SSSR count). The smallest absolute Gasteiger partial charge is 0.256 e. The van der Waals surface area contributed by atoms with E-state index in [4.69, 9.17) is 5.11 Å². The molecule has 0 fully saturated rings. The van der Waals surface area contributed by atoms with Crippen molar-refractivity contribution < 1.29 is 14.3 Å². The minimum Gasteiger partial charge on any atom is -0.384 e. The maximum atomic E-state index is 13.5. The monoisotopic (exact) mass is 284 g/mol. The van der Waals surface area contributed by atoms with Crippen LogP contribution < -0.4 is 5.32 Å². The van der Waals surface area contributed by atoms with Crippen molar-refractivity contribution in [1.82, 2.24) is 4.98 Å². The van der Waals surface area contributed by atoms with Crippen molar-refractivity contribution in [2.24, 2.45) is 0 Å². The Bertz CT molecular complexity index is 733. The number of hydrogen-bond donors (Lipinski definition) is 2. The molecule has 106 valence electrons. The molecule has 1 amide bonds. The molecule has 0 bridgehead atoms. The van der Waals surface area contributed by atoms with Gasteiger partial charge in [0.1, 0.15) is 6.61 Å². The van der Waals surface area contributed by atoms with Gasteiger partial charge in [-0.2, -0.15) is 0 Å². The third-order valence-electron chi connectivity index (χ3n) is 2.81. The lowest BCUT2D eigenvalue weighted by Gasteiger charge is -2.08. The third kappa shape index (κ3) is 3.65. The molecule has 0 radical (unpaired) electrons. The molecule has 1 aromatic heterocycles. The van der Waals surface area contributed by atoms with Crippen molar-refractivity contribution in [2.45, 2.75) is 6.92 Å². The molecule has 4 nitrogen and oxygen atoms in total. The molecule has 0 atom stereocenters. The highest BCUT2D eigenvalue weighted by molar-refractivity contribution is 6.05. The summed E-state index contributed by atoms with van der Waals surface area (Å²) in [5, 5.41) is 11.2. The fourth-order valence-electron chi connectivity index (χ4n) is 1.75. The summed E-state index contributed by atoms with van der Waals surface area (Å²) in [5.74, 6) is 4.22. The lowest BCUT2D eigenvalue weighted by atomic mass is 10.0. The Morgan fingerprint density at radius 2 is 2.24 bits per heavy atom. The van der Waals surface area contributed by atoms with E-state index in [2.05, 4.69) is 22.1 Å². The SMILES string of the molecule is Cc1ccc(C#CCO)cc1C(=O)Nc1ccncc1F. The van der Waals surface area contributed by atoms with Crippen LogP contribution in [0.1, 0.15) is 21.5 Å². The number of anilines is 1. The molecule has 5 heteroatoms. The van der Waals surface area contributed by atoms with Crippen molar-refractivity contribution in [3.63, 3.8) is 0 Å². The lowest BCUT2D eigenvalue weighted by molar-refractivity contribution is 0.102. The van der Waals surface area contributed by atoms with Crippen LogP contribution >= 0.6 is 0 Å². The zero-order valence-electron chi connectivity index (χ0n) is 11.4. The average molecular weight is 284 g/mol. The van der Waals surface area contributed by atoms with Crippen molar-refractivity contribution in [3.05, 3.63) is 59.2 Å². The topological polar surface area (TPSA) is 62.2 Å². The predicted octanol–water partition coefficient (Wildman–Crippen LogP) is 2.13. The molecule has 2 N–H and O–H groups in total. The van der Waals surface area contributed by atoms with Crippen LogP contribution in [0.15, 0.2) is 36.7 Å². The number of halogens is 1. The number of aryl methyl sites for hydroxylation is 1. The Morgan fingerprint density at radius 3 is 2.95 bits per heavy atom. The van der Waals surface area contributed by atoms with Crippen molar-refractivity contribution in [1.29, 1.82) is 0 Å². The summed E-state index contributed by atoms with van der Waals surface area (Å²) in [6, 6.07) is 6.49. The van der Waals surface area contributed by atoms with Crippen LogP contribution in [0.5, 0.6) is 0 Å². The number of aromatic nitrogens is 1. The quantitative estimate of drug-likeness (QED) is 0.830. The molecule has 0 saturated heterocycles. The number of aliphatic hydroxyl groups is 1. The average Bonchev–Trinajstić information content (AvgIpc) is 2.48. The number of amides is 1. The maximum Gasteiger partial charge on any atom is 0.256 e. The van der Waals surface area contributed by atoms with Crippen LogP contribution in [-0.4, -0.2) is 22.6 Å². The van der Waals surface area contributed by atoms with E-state index in [0.29, 0.717) is 11.1 Å². The largest absolute Gasteiger partial charge is 0.384 e. The third-order valence-corrected chi connectivity index (χ3v) is 2.81. The van der Waals surface area contributed by atoms with Crippen LogP contribution in [0.3, 0.4) is 0 Å². The number of carbonyl (C=O) groups is 1. The molecule has 0 aliphatic rings. The summed E-state index contributed by atoms with van der Waals surface area (Å²) in [7, 11) is 0. The fourth-order valence-corrected chi connectivity index (χ4v) is 1.75. The van der Waals surface area contributed by atoms with Gasteiger partial charge in [-0.15, -0.1) is 0 Å². The van der Waals surface area contributed by atoms with Crippen LogP contribution in [0.4, 0.5) is 10.1 Å². The summed E-state index contributed by atoms with van der Waals surface area (Å²) >= 11 is 0. The van der Waals surface area contributed by atoms with Gasteiger partial charge in [0.05, 0.1) is 11.9 Å². The molecule has 0 saturated carbocycles. The zero-order chi connectivity index (χ0) is 15.2. The highest BCUT2D eigenvalue weighted by atomic mass is 19.1. The Kier molecular flexibility index (Phi) is 4.64. The van der Waals surface area contributed by atoms with E-state index in [9.17, 15) is 9.18 Å². The number of nitrogens with one attached hydrogen (secondary N) is 1. The molecular formula is C16H13FN2O2.